The lowest BCUT2D eigenvalue weighted by Crippen LogP contribution is -2.08. The molecule has 78 valence electrons. The third kappa shape index (κ3) is 2.02. The average molecular weight is 223 g/mol. The Morgan fingerprint density at radius 2 is 1.80 bits per heavy atom. The zero-order valence-electron chi connectivity index (χ0n) is 8.57. The number of nitrogens with zero attached hydrogens (tertiary/aromatic N) is 2. The molecule has 0 spiro atoms. The average Bonchev–Trinajstić information content (AvgIpc) is 2.22. The fourth-order valence-electron chi connectivity index (χ4n) is 1.36. The van der Waals surface area contributed by atoms with E-state index in [1.54, 1.807) is 0 Å². The molecule has 0 atom stereocenters. The van der Waals surface area contributed by atoms with Crippen molar-refractivity contribution < 1.29 is 4.74 Å². The number of benzene rings is 1. The second-order valence-corrected chi connectivity index (χ2v) is 3.87. The van der Waals surface area contributed by atoms with Crippen LogP contribution in [0.25, 0.3) is 10.8 Å². The van der Waals surface area contributed by atoms with Crippen molar-refractivity contribution in [3.63, 3.8) is 0 Å². The van der Waals surface area contributed by atoms with Crippen molar-refractivity contribution in [2.75, 3.05) is 0 Å². The molecule has 1 heterocycles. The molecule has 2 aromatic rings. The molecule has 15 heavy (non-hydrogen) atoms. The highest BCUT2D eigenvalue weighted by atomic mass is 35.5. The first-order valence-corrected chi connectivity index (χ1v) is 5.14. The van der Waals surface area contributed by atoms with Crippen LogP contribution in [0.15, 0.2) is 24.3 Å². The Balaban J connectivity index is 2.61. The number of rotatable bonds is 2. The molecule has 0 aliphatic rings. The SMILES string of the molecule is CC(C)Oc1nnc(Cl)c2ccccc12. The molecular formula is C11H11ClN2O. The largest absolute Gasteiger partial charge is 0.473 e. The van der Waals surface area contributed by atoms with Gasteiger partial charge in [-0.3, -0.25) is 0 Å². The van der Waals surface area contributed by atoms with Gasteiger partial charge >= 0.3 is 0 Å². The van der Waals surface area contributed by atoms with E-state index >= 15 is 0 Å². The van der Waals surface area contributed by atoms with Crippen molar-refractivity contribution >= 4 is 22.4 Å². The van der Waals surface area contributed by atoms with E-state index in [9.17, 15) is 0 Å². The summed E-state index contributed by atoms with van der Waals surface area (Å²) in [5, 5.41) is 9.96. The molecule has 0 saturated carbocycles. The smallest absolute Gasteiger partial charge is 0.241 e. The topological polar surface area (TPSA) is 35.0 Å². The molecule has 0 N–H and O–H groups in total. The van der Waals surface area contributed by atoms with Gasteiger partial charge in [-0.15, -0.1) is 10.2 Å². The van der Waals surface area contributed by atoms with Crippen LogP contribution in [-0.4, -0.2) is 16.3 Å². The fraction of sp³-hybridized carbons (Fsp3) is 0.273. The number of aromatic nitrogens is 2. The van der Waals surface area contributed by atoms with E-state index in [-0.39, 0.29) is 6.10 Å². The highest BCUT2D eigenvalue weighted by molar-refractivity contribution is 6.34. The first-order valence-electron chi connectivity index (χ1n) is 4.76. The van der Waals surface area contributed by atoms with Crippen LogP contribution < -0.4 is 4.74 Å². The Labute approximate surface area is 93.0 Å². The number of fused-ring (bicyclic) bond motifs is 1. The van der Waals surface area contributed by atoms with Crippen LogP contribution in [0.4, 0.5) is 0 Å². The van der Waals surface area contributed by atoms with Gasteiger partial charge in [0.25, 0.3) is 0 Å². The molecule has 3 nitrogen and oxygen atoms in total. The number of hydrogen-bond donors (Lipinski definition) is 0. The molecule has 0 fully saturated rings. The van der Waals surface area contributed by atoms with Gasteiger partial charge in [0.15, 0.2) is 5.15 Å². The van der Waals surface area contributed by atoms with E-state index in [0.29, 0.717) is 11.0 Å². The summed E-state index contributed by atoms with van der Waals surface area (Å²) in [5.74, 6) is 0.532. The number of ether oxygens (including phenoxy) is 1. The van der Waals surface area contributed by atoms with Gasteiger partial charge in [0, 0.05) is 10.8 Å². The maximum Gasteiger partial charge on any atom is 0.241 e. The van der Waals surface area contributed by atoms with Crippen LogP contribution in [0.5, 0.6) is 5.88 Å². The fourth-order valence-corrected chi connectivity index (χ4v) is 1.56. The Kier molecular flexibility index (Phi) is 2.73. The summed E-state index contributed by atoms with van der Waals surface area (Å²) in [5.41, 5.74) is 0. The summed E-state index contributed by atoms with van der Waals surface area (Å²) in [6.07, 6.45) is 0.0730. The summed E-state index contributed by atoms with van der Waals surface area (Å²) in [4.78, 5) is 0. The molecule has 0 saturated heterocycles. The van der Waals surface area contributed by atoms with Crippen molar-refractivity contribution in [1.82, 2.24) is 10.2 Å². The van der Waals surface area contributed by atoms with Crippen LogP contribution in [0.1, 0.15) is 13.8 Å². The van der Waals surface area contributed by atoms with E-state index in [0.717, 1.165) is 10.8 Å². The van der Waals surface area contributed by atoms with Gasteiger partial charge in [-0.1, -0.05) is 29.8 Å². The molecule has 4 heteroatoms. The quantitative estimate of drug-likeness (QED) is 0.783. The van der Waals surface area contributed by atoms with Crippen LogP contribution in [-0.2, 0) is 0 Å². The standard InChI is InChI=1S/C11H11ClN2O/c1-7(2)15-11-9-6-4-3-5-8(9)10(12)13-14-11/h3-7H,1-2H3. The van der Waals surface area contributed by atoms with Gasteiger partial charge in [0.1, 0.15) is 0 Å². The minimum absolute atomic E-state index is 0.0730. The molecule has 0 aliphatic carbocycles. The Bertz CT molecular complexity index is 485. The first-order chi connectivity index (χ1) is 7.18. The lowest BCUT2D eigenvalue weighted by molar-refractivity contribution is 0.233. The second kappa shape index (κ2) is 4.03. The van der Waals surface area contributed by atoms with Gasteiger partial charge in [0.2, 0.25) is 5.88 Å². The van der Waals surface area contributed by atoms with E-state index < -0.39 is 0 Å². The molecule has 1 aromatic carbocycles. The van der Waals surface area contributed by atoms with Crippen LogP contribution in [0, 0.1) is 0 Å². The molecule has 0 amide bonds. The predicted octanol–water partition coefficient (Wildman–Crippen LogP) is 3.07. The summed E-state index contributed by atoms with van der Waals surface area (Å²) < 4.78 is 5.55. The Hall–Kier alpha value is -1.35. The minimum Gasteiger partial charge on any atom is -0.473 e. The zero-order valence-corrected chi connectivity index (χ0v) is 9.32. The van der Waals surface area contributed by atoms with Gasteiger partial charge in [-0.25, -0.2) is 0 Å². The highest BCUT2D eigenvalue weighted by Crippen LogP contribution is 2.27. The normalized spacial score (nSPS) is 10.9. The Morgan fingerprint density at radius 1 is 1.13 bits per heavy atom. The van der Waals surface area contributed by atoms with Crippen molar-refractivity contribution in [3.8, 4) is 5.88 Å². The Morgan fingerprint density at radius 3 is 2.47 bits per heavy atom. The summed E-state index contributed by atoms with van der Waals surface area (Å²) >= 11 is 5.94. The summed E-state index contributed by atoms with van der Waals surface area (Å²) in [7, 11) is 0. The van der Waals surface area contributed by atoms with Crippen molar-refractivity contribution in [3.05, 3.63) is 29.4 Å². The van der Waals surface area contributed by atoms with Gasteiger partial charge in [-0.05, 0) is 19.9 Å². The summed E-state index contributed by atoms with van der Waals surface area (Å²) in [6, 6.07) is 7.66. The molecule has 0 aliphatic heterocycles. The van der Waals surface area contributed by atoms with E-state index in [4.69, 9.17) is 16.3 Å². The van der Waals surface area contributed by atoms with Crippen LogP contribution in [0.2, 0.25) is 5.15 Å². The zero-order chi connectivity index (χ0) is 10.8. The number of halogens is 1. The van der Waals surface area contributed by atoms with Crippen molar-refractivity contribution in [2.45, 2.75) is 20.0 Å². The molecule has 1 aromatic heterocycles. The van der Waals surface area contributed by atoms with Crippen molar-refractivity contribution in [1.29, 1.82) is 0 Å². The minimum atomic E-state index is 0.0730. The predicted molar refractivity (Wildman–Crippen MR) is 60.3 cm³/mol. The molecule has 2 rings (SSSR count). The van der Waals surface area contributed by atoms with Crippen LogP contribution in [0.3, 0.4) is 0 Å². The second-order valence-electron chi connectivity index (χ2n) is 3.51. The third-order valence-corrected chi connectivity index (χ3v) is 2.23. The van der Waals surface area contributed by atoms with E-state index in [1.807, 2.05) is 38.1 Å². The lowest BCUT2D eigenvalue weighted by Gasteiger charge is -2.10. The monoisotopic (exact) mass is 222 g/mol. The molecular weight excluding hydrogens is 212 g/mol. The first kappa shape index (κ1) is 10.2. The maximum atomic E-state index is 5.94. The van der Waals surface area contributed by atoms with Gasteiger partial charge in [0.05, 0.1) is 6.10 Å². The van der Waals surface area contributed by atoms with E-state index in [1.165, 1.54) is 0 Å². The summed E-state index contributed by atoms with van der Waals surface area (Å²) in [6.45, 7) is 3.90. The molecule has 0 radical (unpaired) electrons. The van der Waals surface area contributed by atoms with Gasteiger partial charge in [-0.2, -0.15) is 0 Å². The molecule has 0 bridgehead atoms. The number of hydrogen-bond acceptors (Lipinski definition) is 3. The van der Waals surface area contributed by atoms with Crippen molar-refractivity contribution in [2.24, 2.45) is 0 Å². The maximum absolute atomic E-state index is 5.94. The molecule has 0 unspecified atom stereocenters. The van der Waals surface area contributed by atoms with Crippen LogP contribution >= 0.6 is 11.6 Å². The van der Waals surface area contributed by atoms with E-state index in [2.05, 4.69) is 10.2 Å². The highest BCUT2D eigenvalue weighted by Gasteiger charge is 2.09. The van der Waals surface area contributed by atoms with Gasteiger partial charge < -0.3 is 4.74 Å². The third-order valence-electron chi connectivity index (χ3n) is 1.96. The lowest BCUT2D eigenvalue weighted by atomic mass is 10.2.